The third-order valence-electron chi connectivity index (χ3n) is 3.67. The lowest BCUT2D eigenvalue weighted by molar-refractivity contribution is -0.00825. The van der Waals surface area contributed by atoms with Crippen LogP contribution < -0.4 is 4.74 Å². The van der Waals surface area contributed by atoms with Crippen LogP contribution in [-0.4, -0.2) is 10.9 Å². The summed E-state index contributed by atoms with van der Waals surface area (Å²) in [7, 11) is 0. The van der Waals surface area contributed by atoms with Crippen molar-refractivity contribution in [1.29, 1.82) is 0 Å². The van der Waals surface area contributed by atoms with Gasteiger partial charge in [0.2, 0.25) is 0 Å². The molecule has 0 saturated heterocycles. The first-order valence-electron chi connectivity index (χ1n) is 5.79. The zero-order valence-corrected chi connectivity index (χ0v) is 12.0. The highest BCUT2D eigenvalue weighted by Crippen LogP contribution is 2.47. The standard InChI is InChI=1S/C14H19BrO/c1-9-5-6-10(2)11(7-9)16-13-8-12(15)14(13,3)4/h5-7,12-13H,8H2,1-4H3. The molecule has 1 saturated carbocycles. The molecule has 1 nitrogen and oxygen atoms in total. The molecule has 2 heteroatoms. The lowest BCUT2D eigenvalue weighted by Gasteiger charge is -2.48. The minimum atomic E-state index is 0.232. The normalized spacial score (nSPS) is 27.3. The number of hydrogen-bond acceptors (Lipinski definition) is 1. The topological polar surface area (TPSA) is 9.23 Å². The van der Waals surface area contributed by atoms with Crippen LogP contribution in [0.15, 0.2) is 18.2 Å². The average molecular weight is 283 g/mol. The van der Waals surface area contributed by atoms with Gasteiger partial charge in [-0.05, 0) is 37.5 Å². The molecule has 0 heterocycles. The summed E-state index contributed by atoms with van der Waals surface area (Å²) in [6.07, 6.45) is 1.43. The van der Waals surface area contributed by atoms with Gasteiger partial charge in [-0.2, -0.15) is 0 Å². The molecule has 0 spiro atoms. The van der Waals surface area contributed by atoms with Gasteiger partial charge >= 0.3 is 0 Å². The van der Waals surface area contributed by atoms with Gasteiger partial charge in [0.15, 0.2) is 0 Å². The van der Waals surface area contributed by atoms with Crippen LogP contribution >= 0.6 is 15.9 Å². The third kappa shape index (κ3) is 2.00. The van der Waals surface area contributed by atoms with Crippen molar-refractivity contribution in [3.8, 4) is 5.75 Å². The fourth-order valence-corrected chi connectivity index (χ4v) is 2.66. The summed E-state index contributed by atoms with van der Waals surface area (Å²) in [4.78, 5) is 0.579. The van der Waals surface area contributed by atoms with E-state index in [0.717, 1.165) is 12.2 Å². The maximum atomic E-state index is 6.12. The first kappa shape index (κ1) is 12.0. The van der Waals surface area contributed by atoms with Crippen molar-refractivity contribution in [2.75, 3.05) is 0 Å². The second kappa shape index (κ2) is 4.06. The van der Waals surface area contributed by atoms with E-state index in [2.05, 4.69) is 61.8 Å². The highest BCUT2D eigenvalue weighted by atomic mass is 79.9. The third-order valence-corrected chi connectivity index (χ3v) is 5.22. The van der Waals surface area contributed by atoms with Gasteiger partial charge in [-0.1, -0.05) is 41.9 Å². The molecule has 0 N–H and O–H groups in total. The second-order valence-electron chi connectivity index (χ2n) is 5.40. The summed E-state index contributed by atoms with van der Waals surface area (Å²) in [5, 5.41) is 0. The molecule has 0 radical (unpaired) electrons. The maximum Gasteiger partial charge on any atom is 0.122 e. The van der Waals surface area contributed by atoms with Crippen molar-refractivity contribution in [2.24, 2.45) is 5.41 Å². The molecule has 0 amide bonds. The Morgan fingerprint density at radius 1 is 1.31 bits per heavy atom. The quantitative estimate of drug-likeness (QED) is 0.737. The summed E-state index contributed by atoms with van der Waals surface area (Å²) in [6.45, 7) is 8.72. The smallest absolute Gasteiger partial charge is 0.122 e. The monoisotopic (exact) mass is 282 g/mol. The van der Waals surface area contributed by atoms with Crippen molar-refractivity contribution >= 4 is 15.9 Å². The maximum absolute atomic E-state index is 6.12. The average Bonchev–Trinajstić information content (AvgIpc) is 2.23. The highest BCUT2D eigenvalue weighted by Gasteiger charge is 2.48. The number of benzene rings is 1. The first-order valence-corrected chi connectivity index (χ1v) is 6.71. The Hall–Kier alpha value is -0.500. The van der Waals surface area contributed by atoms with Gasteiger partial charge in [0.05, 0.1) is 0 Å². The molecule has 1 fully saturated rings. The Kier molecular flexibility index (Phi) is 3.04. The van der Waals surface area contributed by atoms with Crippen molar-refractivity contribution in [2.45, 2.75) is 45.0 Å². The molecule has 1 aliphatic carbocycles. The van der Waals surface area contributed by atoms with Gasteiger partial charge in [-0.25, -0.2) is 0 Å². The van der Waals surface area contributed by atoms with E-state index in [1.807, 2.05) is 0 Å². The lowest BCUT2D eigenvalue weighted by atomic mass is 9.69. The summed E-state index contributed by atoms with van der Waals surface area (Å²) in [5.41, 5.74) is 2.71. The van der Waals surface area contributed by atoms with Crippen LogP contribution in [0.3, 0.4) is 0 Å². The molecule has 0 bridgehead atoms. The van der Waals surface area contributed by atoms with Crippen LogP contribution in [0.1, 0.15) is 31.4 Å². The molecule has 2 rings (SSSR count). The van der Waals surface area contributed by atoms with Gasteiger partial charge < -0.3 is 4.74 Å². The van der Waals surface area contributed by atoms with Crippen LogP contribution in [0.2, 0.25) is 0 Å². The Morgan fingerprint density at radius 3 is 2.56 bits per heavy atom. The van der Waals surface area contributed by atoms with Gasteiger partial charge in [-0.3, -0.25) is 0 Å². The number of alkyl halides is 1. The fraction of sp³-hybridized carbons (Fsp3) is 0.571. The summed E-state index contributed by atoms with van der Waals surface area (Å²) < 4.78 is 6.12. The van der Waals surface area contributed by atoms with E-state index < -0.39 is 0 Å². The number of aryl methyl sites for hydroxylation is 2. The van der Waals surface area contributed by atoms with Gasteiger partial charge in [0.1, 0.15) is 11.9 Å². The Bertz CT molecular complexity index is 398. The Balaban J connectivity index is 2.13. The van der Waals surface area contributed by atoms with Crippen molar-refractivity contribution in [3.05, 3.63) is 29.3 Å². The number of hydrogen-bond donors (Lipinski definition) is 0. The van der Waals surface area contributed by atoms with E-state index in [1.165, 1.54) is 11.1 Å². The van der Waals surface area contributed by atoms with Crippen LogP contribution in [0.5, 0.6) is 5.75 Å². The molecule has 2 unspecified atom stereocenters. The van der Waals surface area contributed by atoms with E-state index in [0.29, 0.717) is 10.9 Å². The van der Waals surface area contributed by atoms with Crippen molar-refractivity contribution in [1.82, 2.24) is 0 Å². The highest BCUT2D eigenvalue weighted by molar-refractivity contribution is 9.09. The Morgan fingerprint density at radius 2 is 2.00 bits per heavy atom. The van der Waals surface area contributed by atoms with E-state index in [9.17, 15) is 0 Å². The molecule has 88 valence electrons. The molecule has 1 aromatic carbocycles. The number of ether oxygens (including phenoxy) is 1. The van der Waals surface area contributed by atoms with Gasteiger partial charge in [0.25, 0.3) is 0 Å². The van der Waals surface area contributed by atoms with E-state index in [4.69, 9.17) is 4.74 Å². The van der Waals surface area contributed by atoms with Gasteiger partial charge in [-0.15, -0.1) is 0 Å². The second-order valence-corrected chi connectivity index (χ2v) is 6.51. The molecular formula is C14H19BrO. The van der Waals surface area contributed by atoms with Crippen molar-refractivity contribution < 1.29 is 4.74 Å². The molecule has 2 atom stereocenters. The van der Waals surface area contributed by atoms with Crippen LogP contribution in [0, 0.1) is 19.3 Å². The number of halogens is 1. The van der Waals surface area contributed by atoms with E-state index in [-0.39, 0.29) is 5.41 Å². The fourth-order valence-electron chi connectivity index (χ4n) is 2.02. The molecule has 0 aromatic heterocycles. The largest absolute Gasteiger partial charge is 0.490 e. The summed E-state index contributed by atoms with van der Waals surface area (Å²) in [5.74, 6) is 1.04. The zero-order valence-electron chi connectivity index (χ0n) is 10.4. The molecular weight excluding hydrogens is 264 g/mol. The van der Waals surface area contributed by atoms with Crippen molar-refractivity contribution in [3.63, 3.8) is 0 Å². The number of rotatable bonds is 2. The zero-order chi connectivity index (χ0) is 11.9. The molecule has 0 aliphatic heterocycles. The van der Waals surface area contributed by atoms with Gasteiger partial charge in [0, 0.05) is 10.2 Å². The molecule has 1 aromatic rings. The predicted molar refractivity (Wildman–Crippen MR) is 71.4 cm³/mol. The molecule has 16 heavy (non-hydrogen) atoms. The predicted octanol–water partition coefficient (Wildman–Crippen LogP) is 4.24. The van der Waals surface area contributed by atoms with Crippen LogP contribution in [-0.2, 0) is 0 Å². The Labute approximate surface area is 106 Å². The summed E-state index contributed by atoms with van der Waals surface area (Å²) >= 11 is 3.69. The molecule has 1 aliphatic rings. The SMILES string of the molecule is Cc1ccc(C)c(OC2CC(Br)C2(C)C)c1. The van der Waals surface area contributed by atoms with E-state index in [1.54, 1.807) is 0 Å². The van der Waals surface area contributed by atoms with E-state index >= 15 is 0 Å². The lowest BCUT2D eigenvalue weighted by Crippen LogP contribution is -2.53. The minimum absolute atomic E-state index is 0.232. The van der Waals surface area contributed by atoms with Crippen LogP contribution in [0.4, 0.5) is 0 Å². The van der Waals surface area contributed by atoms with Crippen LogP contribution in [0.25, 0.3) is 0 Å². The minimum Gasteiger partial charge on any atom is -0.490 e. The first-order chi connectivity index (χ1) is 7.41. The summed E-state index contributed by atoms with van der Waals surface area (Å²) in [6, 6.07) is 6.39.